The fourth-order valence-electron chi connectivity index (χ4n) is 3.66. The summed E-state index contributed by atoms with van der Waals surface area (Å²) in [5, 5.41) is 0. The summed E-state index contributed by atoms with van der Waals surface area (Å²) in [5.41, 5.74) is 4.63. The molecule has 1 unspecified atom stereocenters. The first-order valence-corrected chi connectivity index (χ1v) is 13.7. The van der Waals surface area contributed by atoms with Gasteiger partial charge in [-0.2, -0.15) is 0 Å². The highest BCUT2D eigenvalue weighted by Gasteiger charge is 2.19. The lowest BCUT2D eigenvalue weighted by atomic mass is 9.99. The van der Waals surface area contributed by atoms with Crippen LogP contribution in [-0.2, 0) is 20.0 Å². The third-order valence-electron chi connectivity index (χ3n) is 5.70. The molecule has 0 aromatic heterocycles. The first kappa shape index (κ1) is 24.8. The van der Waals surface area contributed by atoms with Crippen molar-refractivity contribution in [3.05, 3.63) is 82.9 Å². The zero-order valence-electron chi connectivity index (χ0n) is 19.5. The molecule has 3 rings (SSSR count). The SMILES string of the molecule is CCC(C)c1ccc(S(=O)(=O)Nc2ccc(S(=O)(=O)Nc3c(C)cc(C)cc3C)cc2)cc1. The highest BCUT2D eigenvalue weighted by Crippen LogP contribution is 2.26. The molecule has 0 saturated heterocycles. The fourth-order valence-corrected chi connectivity index (χ4v) is 5.92. The smallest absolute Gasteiger partial charge is 0.261 e. The second-order valence-electron chi connectivity index (χ2n) is 8.39. The van der Waals surface area contributed by atoms with E-state index in [4.69, 9.17) is 0 Å². The van der Waals surface area contributed by atoms with Crippen LogP contribution in [0.2, 0.25) is 0 Å². The zero-order valence-corrected chi connectivity index (χ0v) is 21.1. The third-order valence-corrected chi connectivity index (χ3v) is 8.46. The molecule has 33 heavy (non-hydrogen) atoms. The summed E-state index contributed by atoms with van der Waals surface area (Å²) in [6.45, 7) is 9.83. The minimum atomic E-state index is -3.83. The minimum absolute atomic E-state index is 0.0442. The summed E-state index contributed by atoms with van der Waals surface area (Å²) in [6.07, 6.45) is 0.970. The Bertz CT molecular complexity index is 1320. The maximum Gasteiger partial charge on any atom is 0.261 e. The highest BCUT2D eigenvalue weighted by atomic mass is 32.2. The average Bonchev–Trinajstić information content (AvgIpc) is 2.76. The summed E-state index contributed by atoms with van der Waals surface area (Å²) in [6, 6.07) is 16.3. The molecule has 0 amide bonds. The van der Waals surface area contributed by atoms with Crippen molar-refractivity contribution in [3.63, 3.8) is 0 Å². The summed E-state index contributed by atoms with van der Waals surface area (Å²) in [5.74, 6) is 0.352. The fraction of sp³-hybridized carbons (Fsp3) is 0.280. The molecular formula is C25H30N2O4S2. The van der Waals surface area contributed by atoms with Crippen LogP contribution in [0.15, 0.2) is 70.5 Å². The molecule has 0 aliphatic heterocycles. The van der Waals surface area contributed by atoms with Gasteiger partial charge in [0, 0.05) is 5.69 Å². The van der Waals surface area contributed by atoms with Crippen molar-refractivity contribution >= 4 is 31.4 Å². The molecular weight excluding hydrogens is 456 g/mol. The number of anilines is 2. The lowest BCUT2D eigenvalue weighted by molar-refractivity contribution is 0.600. The second kappa shape index (κ2) is 9.57. The van der Waals surface area contributed by atoms with Crippen LogP contribution in [0.25, 0.3) is 0 Å². The highest BCUT2D eigenvalue weighted by molar-refractivity contribution is 7.93. The number of hydrogen-bond acceptors (Lipinski definition) is 4. The average molecular weight is 487 g/mol. The Morgan fingerprint density at radius 2 is 1.18 bits per heavy atom. The third kappa shape index (κ3) is 5.75. The van der Waals surface area contributed by atoms with E-state index in [1.54, 1.807) is 12.1 Å². The van der Waals surface area contributed by atoms with Gasteiger partial charge in [-0.15, -0.1) is 0 Å². The molecule has 8 heteroatoms. The van der Waals surface area contributed by atoms with Gasteiger partial charge < -0.3 is 0 Å². The van der Waals surface area contributed by atoms with Gasteiger partial charge in [0.1, 0.15) is 0 Å². The molecule has 6 nitrogen and oxygen atoms in total. The van der Waals surface area contributed by atoms with E-state index in [-0.39, 0.29) is 15.5 Å². The van der Waals surface area contributed by atoms with Gasteiger partial charge in [-0.3, -0.25) is 9.44 Å². The van der Waals surface area contributed by atoms with Gasteiger partial charge in [-0.25, -0.2) is 16.8 Å². The predicted octanol–water partition coefficient (Wildman–Crippen LogP) is 5.73. The maximum absolute atomic E-state index is 12.9. The van der Waals surface area contributed by atoms with Crippen molar-refractivity contribution in [1.82, 2.24) is 0 Å². The molecule has 0 fully saturated rings. The summed E-state index contributed by atoms with van der Waals surface area (Å²) >= 11 is 0. The van der Waals surface area contributed by atoms with Crippen molar-refractivity contribution in [2.75, 3.05) is 9.44 Å². The Kier molecular flexibility index (Phi) is 7.19. The van der Waals surface area contributed by atoms with Gasteiger partial charge in [-0.05, 0) is 86.2 Å². The van der Waals surface area contributed by atoms with Crippen molar-refractivity contribution in [2.45, 2.75) is 56.7 Å². The lowest BCUT2D eigenvalue weighted by Gasteiger charge is -2.15. The van der Waals surface area contributed by atoms with Crippen molar-refractivity contribution in [3.8, 4) is 0 Å². The molecule has 3 aromatic carbocycles. The van der Waals surface area contributed by atoms with Gasteiger partial charge in [0.05, 0.1) is 15.5 Å². The zero-order chi connectivity index (χ0) is 24.4. The first-order chi connectivity index (χ1) is 15.4. The van der Waals surface area contributed by atoms with E-state index < -0.39 is 20.0 Å². The molecule has 0 aliphatic rings. The van der Waals surface area contributed by atoms with Crippen LogP contribution in [0.3, 0.4) is 0 Å². The molecule has 2 N–H and O–H groups in total. The van der Waals surface area contributed by atoms with Crippen LogP contribution in [0.4, 0.5) is 11.4 Å². The molecule has 0 bridgehead atoms. The Morgan fingerprint density at radius 3 is 1.67 bits per heavy atom. The number of rotatable bonds is 8. The van der Waals surface area contributed by atoms with E-state index in [0.29, 0.717) is 11.6 Å². The molecule has 1 atom stereocenters. The van der Waals surface area contributed by atoms with Crippen LogP contribution in [0, 0.1) is 20.8 Å². The Hall–Kier alpha value is -2.84. The quantitative estimate of drug-likeness (QED) is 0.425. The van der Waals surface area contributed by atoms with Crippen molar-refractivity contribution < 1.29 is 16.8 Å². The van der Waals surface area contributed by atoms with E-state index >= 15 is 0 Å². The normalized spacial score (nSPS) is 12.9. The van der Waals surface area contributed by atoms with Crippen LogP contribution < -0.4 is 9.44 Å². The van der Waals surface area contributed by atoms with E-state index in [9.17, 15) is 16.8 Å². The molecule has 0 spiro atoms. The maximum atomic E-state index is 12.9. The number of benzene rings is 3. The number of nitrogens with one attached hydrogen (secondary N) is 2. The summed E-state index contributed by atoms with van der Waals surface area (Å²) in [4.78, 5) is 0.195. The van der Waals surface area contributed by atoms with Gasteiger partial charge >= 0.3 is 0 Å². The Morgan fingerprint density at radius 1 is 0.727 bits per heavy atom. The van der Waals surface area contributed by atoms with Crippen LogP contribution >= 0.6 is 0 Å². The Balaban J connectivity index is 1.78. The van der Waals surface area contributed by atoms with Gasteiger partial charge in [0.2, 0.25) is 0 Å². The van der Waals surface area contributed by atoms with E-state index in [1.165, 1.54) is 24.3 Å². The second-order valence-corrected chi connectivity index (χ2v) is 11.8. The monoisotopic (exact) mass is 486 g/mol. The van der Waals surface area contributed by atoms with Crippen molar-refractivity contribution in [2.24, 2.45) is 0 Å². The van der Waals surface area contributed by atoms with E-state index in [0.717, 1.165) is 28.7 Å². The van der Waals surface area contributed by atoms with Crippen LogP contribution in [0.1, 0.15) is 48.4 Å². The molecule has 0 heterocycles. The molecule has 0 saturated carbocycles. The molecule has 0 radical (unpaired) electrons. The standard InChI is InChI=1S/C25H30N2O4S2/c1-6-18(3)21-7-11-23(12-8-21)32(28,29)26-22-9-13-24(14-10-22)33(30,31)27-25-19(4)15-17(2)16-20(25)5/h7-16,18,26-27H,6H2,1-5H3. The molecule has 176 valence electrons. The number of aryl methyl sites for hydroxylation is 3. The van der Waals surface area contributed by atoms with Crippen LogP contribution in [0.5, 0.6) is 0 Å². The number of hydrogen-bond donors (Lipinski definition) is 2. The van der Waals surface area contributed by atoms with Crippen molar-refractivity contribution in [1.29, 1.82) is 0 Å². The summed E-state index contributed by atoms with van der Waals surface area (Å²) in [7, 11) is -7.62. The van der Waals surface area contributed by atoms with Crippen LogP contribution in [-0.4, -0.2) is 16.8 Å². The largest absolute Gasteiger partial charge is 0.280 e. The molecule has 3 aromatic rings. The van der Waals surface area contributed by atoms with E-state index in [2.05, 4.69) is 23.3 Å². The lowest BCUT2D eigenvalue weighted by Crippen LogP contribution is -2.16. The summed E-state index contributed by atoms with van der Waals surface area (Å²) < 4.78 is 56.4. The van der Waals surface area contributed by atoms with Gasteiger partial charge in [0.25, 0.3) is 20.0 Å². The van der Waals surface area contributed by atoms with E-state index in [1.807, 2.05) is 45.0 Å². The first-order valence-electron chi connectivity index (χ1n) is 10.8. The number of sulfonamides is 2. The minimum Gasteiger partial charge on any atom is -0.280 e. The predicted molar refractivity (Wildman–Crippen MR) is 134 cm³/mol. The van der Waals surface area contributed by atoms with Gasteiger partial charge in [-0.1, -0.05) is 43.7 Å². The molecule has 0 aliphatic carbocycles. The topological polar surface area (TPSA) is 92.3 Å². The van der Waals surface area contributed by atoms with Gasteiger partial charge in [0.15, 0.2) is 0 Å². The Labute approximate surface area is 197 Å².